The fraction of sp³-hybridized carbons (Fsp3) is 0.462. The molecule has 1 aromatic carbocycles. The number of sulfonamides is 1. The van der Waals surface area contributed by atoms with E-state index in [4.69, 9.17) is 0 Å². The van der Waals surface area contributed by atoms with Crippen LogP contribution in [0.4, 0.5) is 5.69 Å². The number of nitrogens with one attached hydrogen (secondary N) is 1. The predicted molar refractivity (Wildman–Crippen MR) is 76.7 cm³/mol. The second-order valence-corrected chi connectivity index (χ2v) is 6.44. The molecule has 19 heavy (non-hydrogen) atoms. The van der Waals surface area contributed by atoms with E-state index in [1.807, 2.05) is 6.92 Å². The van der Waals surface area contributed by atoms with Gasteiger partial charge in [0.15, 0.2) is 0 Å². The van der Waals surface area contributed by atoms with E-state index < -0.39 is 10.0 Å². The van der Waals surface area contributed by atoms with Crippen LogP contribution in [0.15, 0.2) is 24.3 Å². The van der Waals surface area contributed by atoms with Gasteiger partial charge < -0.3 is 5.32 Å². The second-order valence-electron chi connectivity index (χ2n) is 4.42. The first-order valence-corrected chi connectivity index (χ1v) is 7.99. The second kappa shape index (κ2) is 6.56. The summed E-state index contributed by atoms with van der Waals surface area (Å²) in [6.45, 7) is 2.67. The van der Waals surface area contributed by atoms with Crippen LogP contribution in [0, 0.1) is 0 Å². The molecule has 0 aliphatic heterocycles. The average Bonchev–Trinajstić information content (AvgIpc) is 2.35. The minimum absolute atomic E-state index is 0.0222. The van der Waals surface area contributed by atoms with Crippen molar-refractivity contribution in [1.82, 2.24) is 5.32 Å². The van der Waals surface area contributed by atoms with Crippen LogP contribution in [-0.4, -0.2) is 34.2 Å². The van der Waals surface area contributed by atoms with E-state index in [9.17, 15) is 13.2 Å². The molecule has 1 aromatic rings. The summed E-state index contributed by atoms with van der Waals surface area (Å²) in [5, 5.41) is 2.80. The van der Waals surface area contributed by atoms with E-state index in [0.29, 0.717) is 18.7 Å². The molecule has 1 amide bonds. The molecule has 106 valence electrons. The number of rotatable bonds is 6. The molecule has 5 nitrogen and oxygen atoms in total. The summed E-state index contributed by atoms with van der Waals surface area (Å²) in [5.41, 5.74) is 1.44. The van der Waals surface area contributed by atoms with Crippen LogP contribution < -0.4 is 9.62 Å². The number of anilines is 1. The molecule has 0 unspecified atom stereocenters. The molecule has 0 aliphatic carbocycles. The normalized spacial score (nSPS) is 11.1. The summed E-state index contributed by atoms with van der Waals surface area (Å²) in [6, 6.07) is 6.93. The molecule has 6 heteroatoms. The Kier molecular flexibility index (Phi) is 5.35. The molecule has 0 fully saturated rings. The maximum absolute atomic E-state index is 11.5. The summed E-state index contributed by atoms with van der Waals surface area (Å²) >= 11 is 0. The zero-order valence-corrected chi connectivity index (χ0v) is 12.3. The van der Waals surface area contributed by atoms with Crippen molar-refractivity contribution in [3.05, 3.63) is 29.8 Å². The zero-order valence-electron chi connectivity index (χ0n) is 11.5. The van der Waals surface area contributed by atoms with E-state index in [-0.39, 0.29) is 5.91 Å². The smallest absolute Gasteiger partial charge is 0.231 e. The molecular formula is C13H20N2O3S. The summed E-state index contributed by atoms with van der Waals surface area (Å²) in [5.74, 6) is -0.0222. The summed E-state index contributed by atoms with van der Waals surface area (Å²) < 4.78 is 24.0. The molecule has 0 spiro atoms. The van der Waals surface area contributed by atoms with Crippen LogP contribution in [0.25, 0.3) is 0 Å². The number of carbonyl (C=O) groups excluding carboxylic acids is 1. The van der Waals surface area contributed by atoms with E-state index >= 15 is 0 Å². The Morgan fingerprint density at radius 1 is 1.26 bits per heavy atom. The Bertz CT molecular complexity index is 523. The Labute approximate surface area is 114 Å². The molecule has 0 aliphatic rings. The van der Waals surface area contributed by atoms with Crippen LogP contribution >= 0.6 is 0 Å². The highest BCUT2D eigenvalue weighted by Crippen LogP contribution is 2.16. The average molecular weight is 284 g/mol. The van der Waals surface area contributed by atoms with Gasteiger partial charge in [0, 0.05) is 13.6 Å². The van der Waals surface area contributed by atoms with E-state index in [1.54, 1.807) is 24.3 Å². The van der Waals surface area contributed by atoms with Crippen LogP contribution in [0.5, 0.6) is 0 Å². The van der Waals surface area contributed by atoms with Crippen LogP contribution in [-0.2, 0) is 21.2 Å². The lowest BCUT2D eigenvalue weighted by Crippen LogP contribution is -2.26. The topological polar surface area (TPSA) is 66.5 Å². The Morgan fingerprint density at radius 2 is 1.84 bits per heavy atom. The van der Waals surface area contributed by atoms with Gasteiger partial charge in [0.1, 0.15) is 0 Å². The fourth-order valence-electron chi connectivity index (χ4n) is 1.53. The van der Waals surface area contributed by atoms with Crippen molar-refractivity contribution in [2.75, 3.05) is 24.2 Å². The first-order valence-electron chi connectivity index (χ1n) is 6.14. The van der Waals surface area contributed by atoms with Gasteiger partial charge in [-0.05, 0) is 24.1 Å². The Morgan fingerprint density at radius 3 is 2.32 bits per heavy atom. The van der Waals surface area contributed by atoms with Crippen molar-refractivity contribution < 1.29 is 13.2 Å². The molecule has 1 N–H and O–H groups in total. The number of amides is 1. The standard InChI is InChI=1S/C13H20N2O3S/c1-4-9-14-13(16)10-11-5-7-12(8-6-11)15(2)19(3,17)18/h5-8H,4,9-10H2,1-3H3,(H,14,16). The van der Waals surface area contributed by atoms with Crippen LogP contribution in [0.1, 0.15) is 18.9 Å². The highest BCUT2D eigenvalue weighted by molar-refractivity contribution is 7.92. The summed E-state index contributed by atoms with van der Waals surface area (Å²) in [7, 11) is -1.75. The van der Waals surface area contributed by atoms with Gasteiger partial charge in [0.2, 0.25) is 15.9 Å². The molecule has 0 bridgehead atoms. The molecule has 0 atom stereocenters. The third-order valence-corrected chi connectivity index (χ3v) is 3.94. The summed E-state index contributed by atoms with van der Waals surface area (Å²) in [6.07, 6.45) is 2.37. The SMILES string of the molecule is CCCNC(=O)Cc1ccc(N(C)S(C)(=O)=O)cc1. The van der Waals surface area contributed by atoms with Crippen molar-refractivity contribution in [2.45, 2.75) is 19.8 Å². The minimum Gasteiger partial charge on any atom is -0.356 e. The van der Waals surface area contributed by atoms with Crippen LogP contribution in [0.3, 0.4) is 0 Å². The van der Waals surface area contributed by atoms with Crippen molar-refractivity contribution in [3.63, 3.8) is 0 Å². The molecule has 0 aromatic heterocycles. The number of hydrogen-bond donors (Lipinski definition) is 1. The van der Waals surface area contributed by atoms with Gasteiger partial charge in [-0.1, -0.05) is 19.1 Å². The number of carbonyl (C=O) groups is 1. The van der Waals surface area contributed by atoms with Crippen LogP contribution in [0.2, 0.25) is 0 Å². The molecule has 0 saturated heterocycles. The molecule has 0 radical (unpaired) electrons. The van der Waals surface area contributed by atoms with Gasteiger partial charge in [-0.3, -0.25) is 9.10 Å². The minimum atomic E-state index is -3.25. The summed E-state index contributed by atoms with van der Waals surface area (Å²) in [4.78, 5) is 11.5. The molecular weight excluding hydrogens is 264 g/mol. The fourth-order valence-corrected chi connectivity index (χ4v) is 2.03. The maximum atomic E-state index is 11.5. The van der Waals surface area contributed by atoms with Gasteiger partial charge in [0.25, 0.3) is 0 Å². The van der Waals surface area contributed by atoms with Crippen molar-refractivity contribution in [1.29, 1.82) is 0 Å². The van der Waals surface area contributed by atoms with Gasteiger partial charge in [-0.25, -0.2) is 8.42 Å². The van der Waals surface area contributed by atoms with Crippen molar-refractivity contribution >= 4 is 21.6 Å². The van der Waals surface area contributed by atoms with E-state index in [0.717, 1.165) is 18.2 Å². The van der Waals surface area contributed by atoms with Crippen molar-refractivity contribution in [3.8, 4) is 0 Å². The maximum Gasteiger partial charge on any atom is 0.231 e. The van der Waals surface area contributed by atoms with Crippen molar-refractivity contribution in [2.24, 2.45) is 0 Å². The third-order valence-electron chi connectivity index (χ3n) is 2.73. The Balaban J connectivity index is 2.69. The lowest BCUT2D eigenvalue weighted by Gasteiger charge is -2.16. The van der Waals surface area contributed by atoms with E-state index in [2.05, 4.69) is 5.32 Å². The monoisotopic (exact) mass is 284 g/mol. The van der Waals surface area contributed by atoms with Gasteiger partial charge in [-0.15, -0.1) is 0 Å². The van der Waals surface area contributed by atoms with Gasteiger partial charge in [0.05, 0.1) is 18.4 Å². The van der Waals surface area contributed by atoms with Gasteiger partial charge >= 0.3 is 0 Å². The number of hydrogen-bond acceptors (Lipinski definition) is 3. The third kappa shape index (κ3) is 4.90. The molecule has 0 heterocycles. The van der Waals surface area contributed by atoms with E-state index in [1.165, 1.54) is 11.4 Å². The lowest BCUT2D eigenvalue weighted by atomic mass is 10.1. The highest BCUT2D eigenvalue weighted by Gasteiger charge is 2.11. The largest absolute Gasteiger partial charge is 0.356 e. The molecule has 1 rings (SSSR count). The van der Waals surface area contributed by atoms with Gasteiger partial charge in [-0.2, -0.15) is 0 Å². The molecule has 0 saturated carbocycles. The first-order chi connectivity index (χ1) is 8.84. The Hall–Kier alpha value is -1.56. The zero-order chi connectivity index (χ0) is 14.5. The number of benzene rings is 1. The number of nitrogens with zero attached hydrogens (tertiary/aromatic N) is 1. The lowest BCUT2D eigenvalue weighted by molar-refractivity contribution is -0.120. The first kappa shape index (κ1) is 15.5. The quantitative estimate of drug-likeness (QED) is 0.852. The predicted octanol–water partition coefficient (Wildman–Crippen LogP) is 1.15. The highest BCUT2D eigenvalue weighted by atomic mass is 32.2.